The quantitative estimate of drug-likeness (QED) is 0.681. The Morgan fingerprint density at radius 1 is 1.57 bits per heavy atom. The van der Waals surface area contributed by atoms with E-state index in [-0.39, 0.29) is 25.8 Å². The van der Waals surface area contributed by atoms with Crippen LogP contribution in [0, 0.1) is 0 Å². The fourth-order valence-corrected chi connectivity index (χ4v) is 0. The Bertz CT molecular complexity index is 64.7. The molecule has 7 heavy (non-hydrogen) atoms. The molecular weight excluding hydrogens is 242 g/mol. The Kier molecular flexibility index (Phi) is 7.83. The molecule has 2 nitrogen and oxygen atoms in total. The van der Waals surface area contributed by atoms with E-state index >= 15 is 0 Å². The van der Waals surface area contributed by atoms with Crippen LogP contribution in [0.2, 0.25) is 0 Å². The van der Waals surface area contributed by atoms with Crippen molar-refractivity contribution in [2.24, 2.45) is 0 Å². The number of hydrogen-bond acceptors (Lipinski definition) is 1. The summed E-state index contributed by atoms with van der Waals surface area (Å²) in [6, 6.07) is 0. The van der Waals surface area contributed by atoms with E-state index in [1.165, 1.54) is 0 Å². The number of carbonyl (C=O) groups is 1. The van der Waals surface area contributed by atoms with Gasteiger partial charge in [-0.15, -0.1) is 0 Å². The predicted molar refractivity (Wildman–Crippen MR) is 28.9 cm³/mol. The van der Waals surface area contributed by atoms with Crippen LogP contribution in [-0.2, 0) is 4.79 Å². The number of hydrogen-bond donors (Lipinski definition) is 1. The summed E-state index contributed by atoms with van der Waals surface area (Å²) in [6.07, 6.45) is 0. The molecule has 0 bridgehead atoms. The van der Waals surface area contributed by atoms with E-state index in [1.54, 1.807) is 0 Å². The van der Waals surface area contributed by atoms with E-state index in [0.717, 1.165) is 0 Å². The number of rotatable bonds is 1. The van der Waals surface area contributed by atoms with Crippen molar-refractivity contribution in [1.82, 2.24) is 0 Å². The van der Waals surface area contributed by atoms with Crippen molar-refractivity contribution in [1.29, 1.82) is 0 Å². The summed E-state index contributed by atoms with van der Waals surface area (Å²) in [5.41, 5.74) is 0. The Balaban J connectivity index is 0. The number of carboxylic acids is 1. The summed E-state index contributed by atoms with van der Waals surface area (Å²) in [4.78, 5) is 8.15. The summed E-state index contributed by atoms with van der Waals surface area (Å²) in [5, 5.41) is 7.73. The normalized spacial score (nSPS) is 7.86. The second kappa shape index (κ2) is 5.06. The van der Waals surface area contributed by atoms with Crippen LogP contribution in [0.25, 0.3) is 0 Å². The number of carboxylic acid groups (broad SMARTS) is 1. The van der Waals surface area contributed by atoms with E-state index in [1.807, 2.05) is 0 Å². The largest absolute Gasteiger partial charge is 0.479 e. The summed E-state index contributed by atoms with van der Waals surface area (Å²) < 4.78 is 0. The van der Waals surface area contributed by atoms with Crippen molar-refractivity contribution in [3.05, 3.63) is 0 Å². The zero-order valence-electron chi connectivity index (χ0n) is 3.27. The maximum Gasteiger partial charge on any atom is 0.337 e. The molecule has 0 saturated carbocycles. The van der Waals surface area contributed by atoms with Crippen molar-refractivity contribution in [3.8, 4) is 0 Å². The van der Waals surface area contributed by atoms with Crippen molar-refractivity contribution in [2.45, 2.75) is 4.84 Å². The van der Waals surface area contributed by atoms with Crippen LogP contribution in [0.15, 0.2) is 0 Å². The molecule has 39 valence electrons. The minimum Gasteiger partial charge on any atom is -0.479 e. The number of halogens is 2. The molecule has 0 saturated heterocycles. The van der Waals surface area contributed by atoms with E-state index < -0.39 is 10.8 Å². The van der Waals surface area contributed by atoms with Gasteiger partial charge in [0.25, 0.3) is 0 Å². The molecular formula is C2H2Cl2InO2. The van der Waals surface area contributed by atoms with Gasteiger partial charge in [0.2, 0.25) is 4.84 Å². The van der Waals surface area contributed by atoms with Gasteiger partial charge in [-0.3, -0.25) is 0 Å². The SMILES string of the molecule is O=C(O)C(Cl)Cl.[In]. The van der Waals surface area contributed by atoms with Gasteiger partial charge in [0.05, 0.1) is 0 Å². The zero-order chi connectivity index (χ0) is 5.15. The van der Waals surface area contributed by atoms with Crippen molar-refractivity contribution >= 4 is 55.0 Å². The summed E-state index contributed by atoms with van der Waals surface area (Å²) in [7, 11) is 0. The van der Waals surface area contributed by atoms with Crippen molar-refractivity contribution in [2.75, 3.05) is 0 Å². The summed E-state index contributed by atoms with van der Waals surface area (Å²) in [6.45, 7) is 0. The average molecular weight is 244 g/mol. The van der Waals surface area contributed by atoms with Gasteiger partial charge in [-0.2, -0.15) is 0 Å². The maximum absolute atomic E-state index is 9.44. The fraction of sp³-hybridized carbons (Fsp3) is 0.500. The molecule has 0 aliphatic heterocycles. The molecule has 0 amide bonds. The molecule has 0 aliphatic rings. The van der Waals surface area contributed by atoms with Crippen LogP contribution in [-0.4, -0.2) is 41.8 Å². The van der Waals surface area contributed by atoms with Gasteiger partial charge in [0.1, 0.15) is 0 Å². The van der Waals surface area contributed by atoms with Crippen molar-refractivity contribution in [3.63, 3.8) is 0 Å². The Morgan fingerprint density at radius 3 is 1.71 bits per heavy atom. The van der Waals surface area contributed by atoms with Crippen LogP contribution in [0.4, 0.5) is 0 Å². The molecule has 0 heterocycles. The molecule has 0 atom stereocenters. The molecule has 5 heteroatoms. The second-order valence-electron chi connectivity index (χ2n) is 0.639. The third-order valence-electron chi connectivity index (χ3n) is 0.187. The fourth-order valence-electron chi connectivity index (χ4n) is 0. The third-order valence-corrected chi connectivity index (χ3v) is 0.560. The van der Waals surface area contributed by atoms with Gasteiger partial charge in [-0.25, -0.2) is 4.79 Å². The van der Waals surface area contributed by atoms with Gasteiger partial charge < -0.3 is 5.11 Å². The van der Waals surface area contributed by atoms with E-state index in [4.69, 9.17) is 28.3 Å². The first-order valence-corrected chi connectivity index (χ1v) is 2.03. The standard InChI is InChI=1S/C2H2Cl2O2.In/c3-1(4)2(5)6;/h1H,(H,5,6);. The van der Waals surface area contributed by atoms with E-state index in [0.29, 0.717) is 0 Å². The van der Waals surface area contributed by atoms with Crippen molar-refractivity contribution < 1.29 is 9.90 Å². The second-order valence-corrected chi connectivity index (χ2v) is 1.74. The van der Waals surface area contributed by atoms with Gasteiger partial charge in [-0.05, 0) is 0 Å². The molecule has 3 radical (unpaired) electrons. The third kappa shape index (κ3) is 6.92. The molecule has 0 fully saturated rings. The monoisotopic (exact) mass is 243 g/mol. The Morgan fingerprint density at radius 2 is 1.71 bits per heavy atom. The summed E-state index contributed by atoms with van der Waals surface area (Å²) >= 11 is 9.56. The molecule has 0 aromatic rings. The number of alkyl halides is 2. The molecule has 0 aliphatic carbocycles. The Labute approximate surface area is 69.6 Å². The molecule has 0 spiro atoms. The van der Waals surface area contributed by atoms with Crippen LogP contribution >= 0.6 is 23.2 Å². The van der Waals surface area contributed by atoms with Crippen LogP contribution < -0.4 is 0 Å². The first kappa shape index (κ1) is 10.8. The smallest absolute Gasteiger partial charge is 0.337 e. The predicted octanol–water partition coefficient (Wildman–Crippen LogP) is 0.494. The van der Waals surface area contributed by atoms with Gasteiger partial charge in [-0.1, -0.05) is 23.2 Å². The van der Waals surface area contributed by atoms with Crippen LogP contribution in [0.3, 0.4) is 0 Å². The van der Waals surface area contributed by atoms with Gasteiger partial charge >= 0.3 is 5.97 Å². The molecule has 0 aromatic carbocycles. The van der Waals surface area contributed by atoms with Gasteiger partial charge in [0, 0.05) is 25.8 Å². The van der Waals surface area contributed by atoms with E-state index in [9.17, 15) is 4.79 Å². The van der Waals surface area contributed by atoms with E-state index in [2.05, 4.69) is 0 Å². The van der Waals surface area contributed by atoms with Crippen LogP contribution in [0.5, 0.6) is 0 Å². The maximum atomic E-state index is 9.44. The minimum absolute atomic E-state index is 0. The molecule has 0 unspecified atom stereocenters. The average Bonchev–Trinajstić information content (AvgIpc) is 1.36. The Hall–Kier alpha value is 0.920. The zero-order valence-corrected chi connectivity index (χ0v) is 8.07. The molecule has 0 rings (SSSR count). The first-order chi connectivity index (χ1) is 2.64. The topological polar surface area (TPSA) is 37.3 Å². The molecule has 0 aromatic heterocycles. The molecule has 1 N–H and O–H groups in total. The van der Waals surface area contributed by atoms with Gasteiger partial charge in [0.15, 0.2) is 0 Å². The number of aliphatic carboxylic acids is 1. The summed E-state index contributed by atoms with van der Waals surface area (Å²) in [5.74, 6) is -1.21. The van der Waals surface area contributed by atoms with Crippen LogP contribution in [0.1, 0.15) is 0 Å². The minimum atomic E-state index is -1.29. The first-order valence-electron chi connectivity index (χ1n) is 1.15.